The van der Waals surface area contributed by atoms with Crippen molar-refractivity contribution in [1.82, 2.24) is 9.80 Å². The van der Waals surface area contributed by atoms with Crippen LogP contribution < -0.4 is 9.47 Å². The van der Waals surface area contributed by atoms with Crippen LogP contribution in [0, 0.1) is 0 Å². The number of benzene rings is 2. The van der Waals surface area contributed by atoms with E-state index in [9.17, 15) is 14.7 Å². The van der Waals surface area contributed by atoms with Crippen molar-refractivity contribution in [2.75, 3.05) is 40.4 Å². The molecule has 1 unspecified atom stereocenters. The number of halogens is 1. The minimum atomic E-state index is -0.768. The molecule has 1 atom stereocenters. The van der Waals surface area contributed by atoms with Crippen LogP contribution in [0.3, 0.4) is 0 Å². The first-order valence-electron chi connectivity index (χ1n) is 10.9. The Bertz CT molecular complexity index is 1050. The summed E-state index contributed by atoms with van der Waals surface area (Å²) in [4.78, 5) is 29.5. The van der Waals surface area contributed by atoms with E-state index >= 15 is 0 Å². The first-order valence-corrected chi connectivity index (χ1v) is 11.2. The number of hydrogen-bond acceptors (Lipinski definition) is 6. The molecule has 1 heterocycles. The molecule has 7 nitrogen and oxygen atoms in total. The van der Waals surface area contributed by atoms with Crippen molar-refractivity contribution in [3.05, 3.63) is 64.2 Å². The van der Waals surface area contributed by atoms with Gasteiger partial charge in [0.2, 0.25) is 0 Å². The molecule has 176 valence electrons. The molecule has 2 aromatic carbocycles. The van der Waals surface area contributed by atoms with Gasteiger partial charge in [0.25, 0.3) is 11.7 Å². The second-order valence-corrected chi connectivity index (χ2v) is 8.31. The third-order valence-electron chi connectivity index (χ3n) is 5.33. The fourth-order valence-corrected chi connectivity index (χ4v) is 3.89. The third kappa shape index (κ3) is 5.31. The number of Topliss-reactive ketones (excluding diaryl/α,β-unsaturated/α-hetero) is 1. The van der Waals surface area contributed by atoms with Crippen LogP contribution >= 0.6 is 11.6 Å². The van der Waals surface area contributed by atoms with Crippen molar-refractivity contribution in [1.29, 1.82) is 0 Å². The third-order valence-corrected chi connectivity index (χ3v) is 5.58. The molecule has 8 heteroatoms. The van der Waals surface area contributed by atoms with Crippen molar-refractivity contribution in [3.63, 3.8) is 0 Å². The van der Waals surface area contributed by atoms with E-state index in [4.69, 9.17) is 21.1 Å². The van der Waals surface area contributed by atoms with Gasteiger partial charge < -0.3 is 24.4 Å². The van der Waals surface area contributed by atoms with Crippen LogP contribution in [0.2, 0.25) is 5.02 Å². The zero-order valence-electron chi connectivity index (χ0n) is 19.3. The van der Waals surface area contributed by atoms with Gasteiger partial charge in [0.05, 0.1) is 24.8 Å². The van der Waals surface area contributed by atoms with Crippen LogP contribution in [-0.4, -0.2) is 67.0 Å². The predicted octanol–water partition coefficient (Wildman–Crippen LogP) is 4.12. The van der Waals surface area contributed by atoms with Crippen molar-refractivity contribution >= 4 is 29.1 Å². The van der Waals surface area contributed by atoms with E-state index in [1.54, 1.807) is 42.5 Å². The number of aliphatic hydroxyl groups excluding tert-OH is 1. The standard InChI is InChI=1S/C25H29ClN2O5/c1-5-32-19-12-9-17(15-20(19)33-6-2)22-21(23(29)16-7-10-18(26)11-8-16)24(30)25(31)28(22)14-13-27(3)4/h7-12,15,22,29H,5-6,13-14H2,1-4H3/b23-21+. The topological polar surface area (TPSA) is 79.3 Å². The van der Waals surface area contributed by atoms with E-state index in [1.165, 1.54) is 4.90 Å². The lowest BCUT2D eigenvalue weighted by atomic mass is 9.95. The Morgan fingerprint density at radius 3 is 2.27 bits per heavy atom. The summed E-state index contributed by atoms with van der Waals surface area (Å²) >= 11 is 5.98. The Kier molecular flexibility index (Phi) is 8.00. The van der Waals surface area contributed by atoms with Crippen molar-refractivity contribution in [3.8, 4) is 11.5 Å². The molecule has 0 spiro atoms. The number of likely N-dealkylation sites (N-methyl/N-ethyl adjacent to an activating group) is 1. The van der Waals surface area contributed by atoms with E-state index in [1.807, 2.05) is 32.8 Å². The van der Waals surface area contributed by atoms with E-state index in [-0.39, 0.29) is 11.3 Å². The molecule has 0 saturated carbocycles. The minimum Gasteiger partial charge on any atom is -0.507 e. The van der Waals surface area contributed by atoms with Gasteiger partial charge in [-0.25, -0.2) is 0 Å². The van der Waals surface area contributed by atoms with Crippen LogP contribution in [0.4, 0.5) is 0 Å². The molecule has 1 aliphatic rings. The number of hydrogen-bond donors (Lipinski definition) is 1. The number of carbonyl (C=O) groups is 2. The van der Waals surface area contributed by atoms with Gasteiger partial charge in [0.1, 0.15) is 5.76 Å². The lowest BCUT2D eigenvalue weighted by Crippen LogP contribution is -2.35. The number of amides is 1. The smallest absolute Gasteiger partial charge is 0.295 e. The maximum atomic E-state index is 13.1. The number of aliphatic hydroxyl groups is 1. The highest BCUT2D eigenvalue weighted by Gasteiger charge is 2.46. The molecular weight excluding hydrogens is 444 g/mol. The largest absolute Gasteiger partial charge is 0.507 e. The quantitative estimate of drug-likeness (QED) is 0.336. The molecule has 0 bridgehead atoms. The fraction of sp³-hybridized carbons (Fsp3) is 0.360. The zero-order chi connectivity index (χ0) is 24.1. The Hall–Kier alpha value is -3.03. The normalized spacial score (nSPS) is 17.6. The fourth-order valence-electron chi connectivity index (χ4n) is 3.77. The zero-order valence-corrected chi connectivity index (χ0v) is 20.1. The lowest BCUT2D eigenvalue weighted by molar-refractivity contribution is -0.140. The Labute approximate surface area is 199 Å². The number of ketones is 1. The van der Waals surface area contributed by atoms with Gasteiger partial charge in [0.15, 0.2) is 11.5 Å². The SMILES string of the molecule is CCOc1ccc(C2/C(=C(\O)c3ccc(Cl)cc3)C(=O)C(=O)N2CCN(C)C)cc1OCC. The number of ether oxygens (including phenoxy) is 2. The summed E-state index contributed by atoms with van der Waals surface area (Å²) < 4.78 is 11.4. The number of likely N-dealkylation sites (tertiary alicyclic amines) is 1. The van der Waals surface area contributed by atoms with Gasteiger partial charge in [-0.3, -0.25) is 9.59 Å². The van der Waals surface area contributed by atoms with Crippen molar-refractivity contribution < 1.29 is 24.2 Å². The summed E-state index contributed by atoms with van der Waals surface area (Å²) in [7, 11) is 3.78. The Morgan fingerprint density at radius 2 is 1.67 bits per heavy atom. The molecule has 1 fully saturated rings. The summed E-state index contributed by atoms with van der Waals surface area (Å²) in [5, 5.41) is 11.6. The van der Waals surface area contributed by atoms with Crippen molar-refractivity contribution in [2.45, 2.75) is 19.9 Å². The van der Waals surface area contributed by atoms with Crippen LogP contribution in [0.15, 0.2) is 48.0 Å². The average Bonchev–Trinajstić information content (AvgIpc) is 3.04. The number of carbonyl (C=O) groups excluding carboxylic acids is 2. The van der Waals surface area contributed by atoms with Gasteiger partial charge in [-0.2, -0.15) is 0 Å². The molecule has 1 N–H and O–H groups in total. The summed E-state index contributed by atoms with van der Waals surface area (Å²) in [6, 6.07) is 11.0. The van der Waals surface area contributed by atoms with E-state index in [0.717, 1.165) is 0 Å². The minimum absolute atomic E-state index is 0.0349. The maximum Gasteiger partial charge on any atom is 0.295 e. The van der Waals surface area contributed by atoms with Gasteiger partial charge >= 0.3 is 0 Å². The monoisotopic (exact) mass is 472 g/mol. The molecule has 1 saturated heterocycles. The molecule has 2 aromatic rings. The van der Waals surface area contributed by atoms with Crippen LogP contribution in [0.5, 0.6) is 11.5 Å². The first-order chi connectivity index (χ1) is 15.8. The summed E-state index contributed by atoms with van der Waals surface area (Å²) in [6.45, 7) is 5.51. The summed E-state index contributed by atoms with van der Waals surface area (Å²) in [5.41, 5.74) is 1.09. The second-order valence-electron chi connectivity index (χ2n) is 7.87. The Balaban J connectivity index is 2.17. The molecule has 1 aliphatic heterocycles. The molecule has 0 aliphatic carbocycles. The molecule has 33 heavy (non-hydrogen) atoms. The van der Waals surface area contributed by atoms with Crippen LogP contribution in [0.25, 0.3) is 5.76 Å². The molecule has 1 amide bonds. The molecule has 0 radical (unpaired) electrons. The number of rotatable bonds is 9. The average molecular weight is 473 g/mol. The van der Waals surface area contributed by atoms with Gasteiger partial charge in [-0.05, 0) is 69.9 Å². The van der Waals surface area contributed by atoms with E-state index < -0.39 is 17.7 Å². The lowest BCUT2D eigenvalue weighted by Gasteiger charge is -2.27. The highest BCUT2D eigenvalue weighted by Crippen LogP contribution is 2.42. The summed E-state index contributed by atoms with van der Waals surface area (Å²) in [5.74, 6) is -0.524. The second kappa shape index (κ2) is 10.7. The molecule has 3 rings (SSSR count). The van der Waals surface area contributed by atoms with Crippen LogP contribution in [-0.2, 0) is 9.59 Å². The van der Waals surface area contributed by atoms with E-state index in [0.29, 0.717) is 54.0 Å². The summed E-state index contributed by atoms with van der Waals surface area (Å²) in [6.07, 6.45) is 0. The van der Waals surface area contributed by atoms with Gasteiger partial charge in [0, 0.05) is 23.7 Å². The van der Waals surface area contributed by atoms with Crippen LogP contribution in [0.1, 0.15) is 31.0 Å². The Morgan fingerprint density at radius 1 is 1.03 bits per heavy atom. The number of nitrogens with zero attached hydrogens (tertiary/aromatic N) is 2. The highest BCUT2D eigenvalue weighted by molar-refractivity contribution is 6.46. The predicted molar refractivity (Wildman–Crippen MR) is 128 cm³/mol. The van der Waals surface area contributed by atoms with Gasteiger partial charge in [-0.1, -0.05) is 17.7 Å². The molecular formula is C25H29ClN2O5. The highest BCUT2D eigenvalue weighted by atomic mass is 35.5. The maximum absolute atomic E-state index is 13.1. The van der Waals surface area contributed by atoms with Crippen molar-refractivity contribution in [2.24, 2.45) is 0 Å². The van der Waals surface area contributed by atoms with E-state index in [2.05, 4.69) is 0 Å². The van der Waals surface area contributed by atoms with Gasteiger partial charge in [-0.15, -0.1) is 0 Å². The first kappa shape index (κ1) is 24.6. The molecule has 0 aromatic heterocycles.